The van der Waals surface area contributed by atoms with Crippen molar-refractivity contribution in [1.82, 2.24) is 20.1 Å². The number of thiazole rings is 1. The molecule has 0 unspecified atom stereocenters. The first-order valence-corrected chi connectivity index (χ1v) is 8.32. The molecule has 1 aliphatic heterocycles. The molecule has 3 rings (SSSR count). The molecule has 1 N–H and O–H groups in total. The minimum Gasteiger partial charge on any atom is -0.381 e. The quantitative estimate of drug-likeness (QED) is 0.913. The van der Waals surface area contributed by atoms with E-state index in [2.05, 4.69) is 22.3 Å². The average molecular weight is 320 g/mol. The summed E-state index contributed by atoms with van der Waals surface area (Å²) in [6.07, 6.45) is 5.55. The molecule has 0 spiro atoms. The van der Waals surface area contributed by atoms with Gasteiger partial charge < -0.3 is 10.1 Å². The van der Waals surface area contributed by atoms with Gasteiger partial charge in [-0.15, -0.1) is 11.3 Å². The van der Waals surface area contributed by atoms with Gasteiger partial charge in [0.05, 0.1) is 24.4 Å². The highest BCUT2D eigenvalue weighted by atomic mass is 32.1. The Morgan fingerprint density at radius 3 is 3.14 bits per heavy atom. The largest absolute Gasteiger partial charge is 0.381 e. The Morgan fingerprint density at radius 2 is 2.45 bits per heavy atom. The summed E-state index contributed by atoms with van der Waals surface area (Å²) < 4.78 is 7.11. The Balaban J connectivity index is 1.69. The van der Waals surface area contributed by atoms with Gasteiger partial charge >= 0.3 is 0 Å². The van der Waals surface area contributed by atoms with Crippen molar-refractivity contribution in [2.24, 2.45) is 7.05 Å². The Kier molecular flexibility index (Phi) is 4.54. The number of aryl methyl sites for hydroxylation is 2. The molecule has 1 amide bonds. The van der Waals surface area contributed by atoms with Crippen LogP contribution in [0.5, 0.6) is 0 Å². The van der Waals surface area contributed by atoms with Crippen LogP contribution in [0.4, 0.5) is 0 Å². The number of carbonyl (C=O) groups excluding carboxylic acids is 1. The highest BCUT2D eigenvalue weighted by Gasteiger charge is 2.26. The van der Waals surface area contributed by atoms with E-state index in [-0.39, 0.29) is 11.8 Å². The molecular weight excluding hydrogens is 300 g/mol. The third kappa shape index (κ3) is 3.20. The van der Waals surface area contributed by atoms with Gasteiger partial charge in [0.15, 0.2) is 0 Å². The fourth-order valence-electron chi connectivity index (χ4n) is 2.58. The molecule has 0 radical (unpaired) electrons. The van der Waals surface area contributed by atoms with Crippen molar-refractivity contribution in [3.63, 3.8) is 0 Å². The van der Waals surface area contributed by atoms with Crippen molar-refractivity contribution in [2.45, 2.75) is 32.2 Å². The second-order valence-electron chi connectivity index (χ2n) is 5.42. The zero-order valence-corrected chi connectivity index (χ0v) is 13.7. The van der Waals surface area contributed by atoms with Crippen LogP contribution in [0.1, 0.15) is 45.2 Å². The van der Waals surface area contributed by atoms with Gasteiger partial charge in [-0.3, -0.25) is 9.48 Å². The minimum absolute atomic E-state index is 0.0942. The molecule has 22 heavy (non-hydrogen) atoms. The van der Waals surface area contributed by atoms with E-state index in [0.29, 0.717) is 18.7 Å². The standard InChI is InChI=1S/C15H20N4O2S/c1-3-11-6-16-13(22-11)7-17-15(20)12-8-19(2)18-14(12)10-4-5-21-9-10/h6,8,10H,3-5,7,9H2,1-2H3,(H,17,20)/t10-/m0/s1. The van der Waals surface area contributed by atoms with E-state index >= 15 is 0 Å². The summed E-state index contributed by atoms with van der Waals surface area (Å²) in [4.78, 5) is 18.0. The second-order valence-corrected chi connectivity index (χ2v) is 6.62. The molecule has 0 bridgehead atoms. The van der Waals surface area contributed by atoms with Crippen LogP contribution in [0, 0.1) is 0 Å². The molecule has 0 aromatic carbocycles. The topological polar surface area (TPSA) is 69.0 Å². The van der Waals surface area contributed by atoms with Crippen molar-refractivity contribution < 1.29 is 9.53 Å². The first-order valence-electron chi connectivity index (χ1n) is 7.50. The molecule has 2 aromatic rings. The number of aromatic nitrogens is 3. The molecule has 7 heteroatoms. The lowest BCUT2D eigenvalue weighted by molar-refractivity contribution is 0.0949. The molecule has 2 aromatic heterocycles. The SMILES string of the molecule is CCc1cnc(CNC(=O)c2cn(C)nc2[C@H]2CCOC2)s1. The highest BCUT2D eigenvalue weighted by Crippen LogP contribution is 2.26. The van der Waals surface area contributed by atoms with E-state index in [1.165, 1.54) is 4.88 Å². The predicted octanol–water partition coefficient (Wildman–Crippen LogP) is 1.87. The van der Waals surface area contributed by atoms with E-state index in [0.717, 1.165) is 30.2 Å². The number of hydrogen-bond acceptors (Lipinski definition) is 5. The lowest BCUT2D eigenvalue weighted by atomic mass is 10.0. The van der Waals surface area contributed by atoms with Crippen LogP contribution in [0.15, 0.2) is 12.4 Å². The summed E-state index contributed by atoms with van der Waals surface area (Å²) in [5.74, 6) is 0.122. The zero-order valence-electron chi connectivity index (χ0n) is 12.8. The Labute approximate surface area is 133 Å². The maximum absolute atomic E-state index is 12.5. The van der Waals surface area contributed by atoms with Crippen LogP contribution < -0.4 is 5.32 Å². The van der Waals surface area contributed by atoms with Gasteiger partial charge in [-0.05, 0) is 12.8 Å². The van der Waals surface area contributed by atoms with E-state index in [1.54, 1.807) is 22.2 Å². The summed E-state index contributed by atoms with van der Waals surface area (Å²) in [5.41, 5.74) is 1.48. The van der Waals surface area contributed by atoms with E-state index in [9.17, 15) is 4.79 Å². The third-order valence-corrected chi connectivity index (χ3v) is 4.91. The van der Waals surface area contributed by atoms with Gasteiger partial charge in [0.2, 0.25) is 0 Å². The van der Waals surface area contributed by atoms with Crippen LogP contribution in [-0.2, 0) is 24.8 Å². The lowest BCUT2D eigenvalue weighted by Gasteiger charge is -2.07. The Morgan fingerprint density at radius 1 is 1.59 bits per heavy atom. The molecule has 118 valence electrons. The van der Waals surface area contributed by atoms with E-state index in [4.69, 9.17) is 4.74 Å². The van der Waals surface area contributed by atoms with Gasteiger partial charge in [0.1, 0.15) is 5.01 Å². The van der Waals surface area contributed by atoms with Crippen molar-refractivity contribution in [3.05, 3.63) is 33.5 Å². The number of hydrogen-bond donors (Lipinski definition) is 1. The molecule has 3 heterocycles. The first-order chi connectivity index (χ1) is 10.7. The van der Waals surface area contributed by atoms with Gasteiger partial charge in [0.25, 0.3) is 5.91 Å². The highest BCUT2D eigenvalue weighted by molar-refractivity contribution is 7.11. The molecular formula is C15H20N4O2S. The molecule has 6 nitrogen and oxygen atoms in total. The van der Waals surface area contributed by atoms with Crippen molar-refractivity contribution in [3.8, 4) is 0 Å². The molecule has 1 fully saturated rings. The monoisotopic (exact) mass is 320 g/mol. The summed E-state index contributed by atoms with van der Waals surface area (Å²) in [7, 11) is 1.84. The maximum atomic E-state index is 12.5. The minimum atomic E-state index is -0.0942. The smallest absolute Gasteiger partial charge is 0.255 e. The van der Waals surface area contributed by atoms with Crippen LogP contribution in [0.25, 0.3) is 0 Å². The number of rotatable bonds is 5. The number of carbonyl (C=O) groups is 1. The van der Waals surface area contributed by atoms with Crippen LogP contribution >= 0.6 is 11.3 Å². The predicted molar refractivity (Wildman–Crippen MR) is 84.0 cm³/mol. The van der Waals surface area contributed by atoms with Gasteiger partial charge in [-0.25, -0.2) is 4.98 Å². The number of ether oxygens (including phenoxy) is 1. The maximum Gasteiger partial charge on any atom is 0.255 e. The third-order valence-electron chi connectivity index (χ3n) is 3.77. The summed E-state index contributed by atoms with van der Waals surface area (Å²) in [6, 6.07) is 0. The molecule has 1 aliphatic rings. The molecule has 1 atom stereocenters. The number of nitrogens with one attached hydrogen (secondary N) is 1. The molecule has 0 aliphatic carbocycles. The number of amides is 1. The molecule has 1 saturated heterocycles. The normalized spacial score (nSPS) is 17.8. The zero-order chi connectivity index (χ0) is 15.5. The average Bonchev–Trinajstić information content (AvgIpc) is 3.24. The van der Waals surface area contributed by atoms with Crippen molar-refractivity contribution in [1.29, 1.82) is 0 Å². The molecule has 0 saturated carbocycles. The van der Waals surface area contributed by atoms with Crippen LogP contribution in [0.2, 0.25) is 0 Å². The van der Waals surface area contributed by atoms with Crippen molar-refractivity contribution >= 4 is 17.2 Å². The first kappa shape index (κ1) is 15.2. The number of nitrogens with zero attached hydrogens (tertiary/aromatic N) is 3. The van der Waals surface area contributed by atoms with E-state index < -0.39 is 0 Å². The van der Waals surface area contributed by atoms with Crippen LogP contribution in [-0.4, -0.2) is 33.9 Å². The van der Waals surface area contributed by atoms with Crippen LogP contribution in [0.3, 0.4) is 0 Å². The fraction of sp³-hybridized carbons (Fsp3) is 0.533. The summed E-state index contributed by atoms with van der Waals surface area (Å²) in [5, 5.41) is 8.32. The van der Waals surface area contributed by atoms with Gasteiger partial charge in [0, 0.05) is 36.8 Å². The summed E-state index contributed by atoms with van der Waals surface area (Å²) in [6.45, 7) is 3.94. The summed E-state index contributed by atoms with van der Waals surface area (Å²) >= 11 is 1.64. The van der Waals surface area contributed by atoms with Crippen molar-refractivity contribution in [2.75, 3.05) is 13.2 Å². The fourth-order valence-corrected chi connectivity index (χ4v) is 3.38. The van der Waals surface area contributed by atoms with E-state index in [1.807, 2.05) is 13.2 Å². The van der Waals surface area contributed by atoms with Gasteiger partial charge in [-0.1, -0.05) is 6.92 Å². The Hall–Kier alpha value is -1.73. The lowest BCUT2D eigenvalue weighted by Crippen LogP contribution is -2.24. The second kappa shape index (κ2) is 6.58. The van der Waals surface area contributed by atoms with Gasteiger partial charge in [-0.2, -0.15) is 5.10 Å². The Bertz CT molecular complexity index is 658.